The van der Waals surface area contributed by atoms with Gasteiger partial charge in [-0.05, 0) is 66.6 Å². The molecule has 20 heavy (non-hydrogen) atoms. The standard InChI is InChI=1S/C15H16INO3/c1-15(2,3)20-14(18)17-6-12(16)11-4-9-7-19-8-10(9)5-13(11)17/h4-6H,7-8H2,1-3H3. The number of fused-ring (bicyclic) bond motifs is 2. The van der Waals surface area contributed by atoms with E-state index in [9.17, 15) is 4.79 Å². The van der Waals surface area contributed by atoms with Gasteiger partial charge in [-0.15, -0.1) is 0 Å². The minimum Gasteiger partial charge on any atom is -0.443 e. The van der Waals surface area contributed by atoms with Gasteiger partial charge >= 0.3 is 6.09 Å². The van der Waals surface area contributed by atoms with E-state index in [1.54, 1.807) is 4.57 Å². The maximum atomic E-state index is 12.3. The molecule has 1 aliphatic heterocycles. The average molecular weight is 385 g/mol. The molecule has 0 N–H and O–H groups in total. The molecule has 4 nitrogen and oxygen atoms in total. The van der Waals surface area contributed by atoms with E-state index in [0.29, 0.717) is 13.2 Å². The molecule has 0 saturated carbocycles. The maximum absolute atomic E-state index is 12.3. The third kappa shape index (κ3) is 2.44. The number of rotatable bonds is 0. The Bertz CT molecular complexity index is 697. The van der Waals surface area contributed by atoms with Gasteiger partial charge in [-0.2, -0.15) is 0 Å². The first-order valence-electron chi connectivity index (χ1n) is 6.48. The van der Waals surface area contributed by atoms with E-state index < -0.39 is 5.60 Å². The van der Waals surface area contributed by atoms with Gasteiger partial charge in [-0.1, -0.05) is 0 Å². The molecule has 1 aliphatic rings. The number of carbonyl (C=O) groups is 1. The fourth-order valence-corrected chi connectivity index (χ4v) is 3.03. The summed E-state index contributed by atoms with van der Waals surface area (Å²) in [6, 6.07) is 4.14. The minimum absolute atomic E-state index is 0.343. The van der Waals surface area contributed by atoms with Crippen molar-refractivity contribution in [2.75, 3.05) is 0 Å². The van der Waals surface area contributed by atoms with E-state index in [1.807, 2.05) is 33.0 Å². The van der Waals surface area contributed by atoms with Crippen LogP contribution < -0.4 is 0 Å². The second-order valence-electron chi connectivity index (χ2n) is 5.96. The molecule has 1 aromatic heterocycles. The molecule has 2 aromatic rings. The van der Waals surface area contributed by atoms with Gasteiger partial charge in [0.15, 0.2) is 0 Å². The monoisotopic (exact) mass is 385 g/mol. The van der Waals surface area contributed by atoms with Crippen LogP contribution in [0.15, 0.2) is 18.3 Å². The van der Waals surface area contributed by atoms with E-state index in [4.69, 9.17) is 9.47 Å². The molecule has 1 aromatic carbocycles. The smallest absolute Gasteiger partial charge is 0.419 e. The fourth-order valence-electron chi connectivity index (χ4n) is 2.32. The van der Waals surface area contributed by atoms with Gasteiger partial charge < -0.3 is 9.47 Å². The van der Waals surface area contributed by atoms with Gasteiger partial charge in [0.25, 0.3) is 0 Å². The quantitative estimate of drug-likeness (QED) is 0.643. The molecular weight excluding hydrogens is 369 g/mol. The van der Waals surface area contributed by atoms with Gasteiger partial charge in [0.1, 0.15) is 5.60 Å². The first kappa shape index (κ1) is 13.9. The van der Waals surface area contributed by atoms with E-state index in [-0.39, 0.29) is 6.09 Å². The van der Waals surface area contributed by atoms with Crippen LogP contribution in [0.3, 0.4) is 0 Å². The number of hydrogen-bond acceptors (Lipinski definition) is 3. The molecule has 0 atom stereocenters. The number of benzene rings is 1. The van der Waals surface area contributed by atoms with Crippen LogP contribution in [0.25, 0.3) is 10.9 Å². The van der Waals surface area contributed by atoms with Crippen LogP contribution in [0.4, 0.5) is 4.79 Å². The summed E-state index contributed by atoms with van der Waals surface area (Å²) >= 11 is 2.25. The number of ether oxygens (including phenoxy) is 2. The van der Waals surface area contributed by atoms with Crippen molar-refractivity contribution in [2.24, 2.45) is 0 Å². The fraction of sp³-hybridized carbons (Fsp3) is 0.400. The summed E-state index contributed by atoms with van der Waals surface area (Å²) in [5.74, 6) is 0. The summed E-state index contributed by atoms with van der Waals surface area (Å²) in [5, 5.41) is 1.07. The van der Waals surface area contributed by atoms with Crippen molar-refractivity contribution >= 4 is 39.6 Å². The molecule has 2 heterocycles. The molecule has 0 spiro atoms. The largest absolute Gasteiger partial charge is 0.443 e. The molecule has 0 bridgehead atoms. The Labute approximate surface area is 131 Å². The Kier molecular flexibility index (Phi) is 3.29. The first-order valence-corrected chi connectivity index (χ1v) is 7.56. The average Bonchev–Trinajstić information content (AvgIpc) is 2.89. The zero-order chi connectivity index (χ0) is 14.5. The highest BCUT2D eigenvalue weighted by Gasteiger charge is 2.22. The summed E-state index contributed by atoms with van der Waals surface area (Å²) in [7, 11) is 0. The van der Waals surface area contributed by atoms with Gasteiger partial charge in [-0.3, -0.25) is 4.57 Å². The van der Waals surface area contributed by atoms with Gasteiger partial charge in [0, 0.05) is 15.2 Å². The molecule has 0 fully saturated rings. The van der Waals surface area contributed by atoms with Crippen molar-refractivity contribution in [1.29, 1.82) is 0 Å². The van der Waals surface area contributed by atoms with Crippen LogP contribution >= 0.6 is 22.6 Å². The number of carbonyl (C=O) groups excluding carboxylic acids is 1. The summed E-state index contributed by atoms with van der Waals surface area (Å²) in [5.41, 5.74) is 2.74. The lowest BCUT2D eigenvalue weighted by molar-refractivity contribution is 0.0544. The third-order valence-corrected chi connectivity index (χ3v) is 4.04. The molecule has 106 valence electrons. The van der Waals surface area contributed by atoms with Gasteiger partial charge in [0.2, 0.25) is 0 Å². The Balaban J connectivity index is 2.10. The Morgan fingerprint density at radius 2 is 1.95 bits per heavy atom. The second kappa shape index (κ2) is 4.73. The van der Waals surface area contributed by atoms with Crippen LogP contribution in [0.5, 0.6) is 0 Å². The van der Waals surface area contributed by atoms with E-state index >= 15 is 0 Å². The molecule has 0 radical (unpaired) electrons. The number of halogens is 1. The van der Waals surface area contributed by atoms with Crippen LogP contribution in [0.2, 0.25) is 0 Å². The van der Waals surface area contributed by atoms with Crippen molar-refractivity contribution in [3.05, 3.63) is 33.0 Å². The van der Waals surface area contributed by atoms with E-state index in [2.05, 4.69) is 28.7 Å². The third-order valence-electron chi connectivity index (χ3n) is 3.18. The van der Waals surface area contributed by atoms with Crippen molar-refractivity contribution in [3.8, 4) is 0 Å². The van der Waals surface area contributed by atoms with E-state index in [1.165, 1.54) is 5.56 Å². The van der Waals surface area contributed by atoms with Crippen molar-refractivity contribution in [3.63, 3.8) is 0 Å². The molecule has 3 rings (SSSR count). The SMILES string of the molecule is CC(C)(C)OC(=O)n1cc(I)c2cc3c(cc21)COC3. The molecule has 0 aliphatic carbocycles. The Hall–Kier alpha value is -1.08. The lowest BCUT2D eigenvalue weighted by atomic mass is 10.1. The number of aromatic nitrogens is 1. The molecular formula is C15H16INO3. The Morgan fingerprint density at radius 3 is 2.60 bits per heavy atom. The number of nitrogens with zero attached hydrogens (tertiary/aromatic N) is 1. The normalized spacial score (nSPS) is 14.6. The van der Waals surface area contributed by atoms with Gasteiger partial charge in [0.05, 0.1) is 18.7 Å². The predicted molar refractivity (Wildman–Crippen MR) is 84.8 cm³/mol. The van der Waals surface area contributed by atoms with Crippen LogP contribution in [-0.2, 0) is 22.7 Å². The first-order chi connectivity index (χ1) is 9.35. The summed E-state index contributed by atoms with van der Waals surface area (Å²) in [4.78, 5) is 12.3. The lowest BCUT2D eigenvalue weighted by Crippen LogP contribution is -2.26. The zero-order valence-corrected chi connectivity index (χ0v) is 13.9. The summed E-state index contributed by atoms with van der Waals surface area (Å²) in [6.45, 7) is 6.87. The molecule has 5 heteroatoms. The minimum atomic E-state index is -0.501. The molecule has 0 unspecified atom stereocenters. The Morgan fingerprint density at radius 1 is 1.30 bits per heavy atom. The highest BCUT2D eigenvalue weighted by molar-refractivity contribution is 14.1. The van der Waals surface area contributed by atoms with Crippen molar-refractivity contribution in [2.45, 2.75) is 39.6 Å². The van der Waals surface area contributed by atoms with Crippen LogP contribution in [-0.4, -0.2) is 16.3 Å². The van der Waals surface area contributed by atoms with Gasteiger partial charge in [-0.25, -0.2) is 4.79 Å². The molecule has 0 amide bonds. The second-order valence-corrected chi connectivity index (χ2v) is 7.12. The van der Waals surface area contributed by atoms with Crippen LogP contribution in [0.1, 0.15) is 31.9 Å². The van der Waals surface area contributed by atoms with Crippen LogP contribution in [0, 0.1) is 3.57 Å². The van der Waals surface area contributed by atoms with E-state index in [0.717, 1.165) is 20.0 Å². The van der Waals surface area contributed by atoms with Crippen molar-refractivity contribution < 1.29 is 14.3 Å². The molecule has 0 saturated heterocycles. The van der Waals surface area contributed by atoms with Crippen molar-refractivity contribution in [1.82, 2.24) is 4.57 Å². The summed E-state index contributed by atoms with van der Waals surface area (Å²) in [6.07, 6.45) is 1.49. The highest BCUT2D eigenvalue weighted by atomic mass is 127. The highest BCUT2D eigenvalue weighted by Crippen LogP contribution is 2.30. The summed E-state index contributed by atoms with van der Waals surface area (Å²) < 4.78 is 13.5. The lowest BCUT2D eigenvalue weighted by Gasteiger charge is -2.19. The number of hydrogen-bond donors (Lipinski definition) is 0. The topological polar surface area (TPSA) is 40.5 Å². The maximum Gasteiger partial charge on any atom is 0.419 e. The predicted octanol–water partition coefficient (Wildman–Crippen LogP) is 4.06. The zero-order valence-electron chi connectivity index (χ0n) is 11.7.